The highest BCUT2D eigenvalue weighted by molar-refractivity contribution is 5.46. The highest BCUT2D eigenvalue weighted by Crippen LogP contribution is 2.38. The predicted molar refractivity (Wildman–Crippen MR) is 71.1 cm³/mol. The second-order valence-corrected chi connectivity index (χ2v) is 5.02. The smallest absolute Gasteiger partial charge is 0.122 e. The van der Waals surface area contributed by atoms with Crippen LogP contribution in [-0.4, -0.2) is 17.1 Å². The van der Waals surface area contributed by atoms with Crippen molar-refractivity contribution in [1.29, 1.82) is 0 Å². The van der Waals surface area contributed by atoms with E-state index in [1.54, 1.807) is 13.4 Å². The Morgan fingerprint density at radius 3 is 3.06 bits per heavy atom. The number of rotatable bonds is 3. The molecule has 0 radical (unpaired) electrons. The van der Waals surface area contributed by atoms with Crippen LogP contribution in [0.5, 0.6) is 5.75 Å². The van der Waals surface area contributed by atoms with Gasteiger partial charge in [0.15, 0.2) is 0 Å². The number of nitrogens with one attached hydrogen (secondary N) is 1. The van der Waals surface area contributed by atoms with Crippen LogP contribution in [0.3, 0.4) is 0 Å². The molecule has 1 aromatic carbocycles. The number of imidazole rings is 1. The van der Waals surface area contributed by atoms with Crippen LogP contribution in [0.15, 0.2) is 24.7 Å². The Morgan fingerprint density at radius 2 is 2.33 bits per heavy atom. The van der Waals surface area contributed by atoms with Gasteiger partial charge in [0.05, 0.1) is 19.1 Å². The number of hydrogen-bond acceptors (Lipinski definition) is 2. The molecule has 1 N–H and O–H groups in total. The third kappa shape index (κ3) is 1.90. The molecule has 1 aromatic heterocycles. The van der Waals surface area contributed by atoms with E-state index in [4.69, 9.17) is 4.74 Å². The summed E-state index contributed by atoms with van der Waals surface area (Å²) in [5.41, 5.74) is 5.30. The van der Waals surface area contributed by atoms with Gasteiger partial charge in [-0.3, -0.25) is 0 Å². The summed E-state index contributed by atoms with van der Waals surface area (Å²) in [5, 5.41) is 0. The molecule has 0 amide bonds. The van der Waals surface area contributed by atoms with Gasteiger partial charge < -0.3 is 9.72 Å². The lowest BCUT2D eigenvalue weighted by Crippen LogP contribution is -2.00. The molecule has 94 valence electrons. The Labute approximate surface area is 107 Å². The molecule has 2 aromatic rings. The van der Waals surface area contributed by atoms with Crippen molar-refractivity contribution in [3.63, 3.8) is 0 Å². The SMILES string of the molecule is COc1cc2c(cc1C)CCC2Cc1c[nH]cn1. The summed E-state index contributed by atoms with van der Waals surface area (Å²) in [6.45, 7) is 2.11. The zero-order valence-electron chi connectivity index (χ0n) is 10.9. The first kappa shape index (κ1) is 11.3. The maximum absolute atomic E-state index is 5.43. The fourth-order valence-corrected chi connectivity index (χ4v) is 2.93. The number of aromatic amines is 1. The Morgan fingerprint density at radius 1 is 1.44 bits per heavy atom. The van der Waals surface area contributed by atoms with Crippen molar-refractivity contribution in [3.05, 3.63) is 47.0 Å². The van der Waals surface area contributed by atoms with Crippen molar-refractivity contribution in [2.45, 2.75) is 32.1 Å². The lowest BCUT2D eigenvalue weighted by atomic mass is 9.95. The first-order chi connectivity index (χ1) is 8.78. The van der Waals surface area contributed by atoms with Crippen LogP contribution in [0.2, 0.25) is 0 Å². The number of ether oxygens (including phenoxy) is 1. The zero-order chi connectivity index (χ0) is 12.5. The van der Waals surface area contributed by atoms with Gasteiger partial charge in [0.25, 0.3) is 0 Å². The molecule has 3 heteroatoms. The van der Waals surface area contributed by atoms with Gasteiger partial charge >= 0.3 is 0 Å². The van der Waals surface area contributed by atoms with Crippen LogP contribution in [0, 0.1) is 6.92 Å². The summed E-state index contributed by atoms with van der Waals surface area (Å²) >= 11 is 0. The normalized spacial score (nSPS) is 17.8. The van der Waals surface area contributed by atoms with Gasteiger partial charge in [-0.05, 0) is 54.9 Å². The van der Waals surface area contributed by atoms with Crippen molar-refractivity contribution < 1.29 is 4.74 Å². The number of aromatic nitrogens is 2. The molecule has 0 aliphatic heterocycles. The van der Waals surface area contributed by atoms with Crippen molar-refractivity contribution in [3.8, 4) is 5.75 Å². The summed E-state index contributed by atoms with van der Waals surface area (Å²) in [7, 11) is 1.74. The molecule has 0 bridgehead atoms. The number of benzene rings is 1. The standard InChI is InChI=1S/C15H18N2O/c1-10-5-11-3-4-12(6-13-8-16-9-17-13)14(11)7-15(10)18-2/h5,7-9,12H,3-4,6H2,1-2H3,(H,16,17). The van der Waals surface area contributed by atoms with Crippen molar-refractivity contribution in [2.75, 3.05) is 7.11 Å². The molecule has 3 rings (SSSR count). The molecule has 1 heterocycles. The maximum Gasteiger partial charge on any atom is 0.122 e. The van der Waals surface area contributed by atoms with Crippen molar-refractivity contribution >= 4 is 0 Å². The third-order valence-corrected chi connectivity index (χ3v) is 3.87. The Kier molecular flexibility index (Phi) is 2.82. The maximum atomic E-state index is 5.43. The monoisotopic (exact) mass is 242 g/mol. The molecular weight excluding hydrogens is 224 g/mol. The summed E-state index contributed by atoms with van der Waals surface area (Å²) in [6, 6.07) is 4.49. The van der Waals surface area contributed by atoms with Gasteiger partial charge in [0.2, 0.25) is 0 Å². The molecular formula is C15H18N2O. The number of methoxy groups -OCH3 is 1. The van der Waals surface area contributed by atoms with Crippen LogP contribution in [0.4, 0.5) is 0 Å². The zero-order valence-corrected chi connectivity index (χ0v) is 10.9. The van der Waals surface area contributed by atoms with E-state index in [1.807, 2.05) is 6.20 Å². The minimum atomic E-state index is 0.581. The van der Waals surface area contributed by atoms with Gasteiger partial charge in [0.1, 0.15) is 5.75 Å². The minimum absolute atomic E-state index is 0.581. The fourth-order valence-electron chi connectivity index (χ4n) is 2.93. The molecule has 1 aliphatic rings. The lowest BCUT2D eigenvalue weighted by molar-refractivity contribution is 0.411. The highest BCUT2D eigenvalue weighted by Gasteiger charge is 2.24. The first-order valence-electron chi connectivity index (χ1n) is 6.43. The van der Waals surface area contributed by atoms with E-state index >= 15 is 0 Å². The molecule has 0 saturated carbocycles. The first-order valence-corrected chi connectivity index (χ1v) is 6.43. The van der Waals surface area contributed by atoms with E-state index in [0.29, 0.717) is 5.92 Å². The molecule has 0 fully saturated rings. The van der Waals surface area contributed by atoms with E-state index in [-0.39, 0.29) is 0 Å². The lowest BCUT2D eigenvalue weighted by Gasteiger charge is -2.13. The Bertz CT molecular complexity index is 546. The topological polar surface area (TPSA) is 37.9 Å². The van der Waals surface area contributed by atoms with Crippen LogP contribution >= 0.6 is 0 Å². The quantitative estimate of drug-likeness (QED) is 0.898. The van der Waals surface area contributed by atoms with Crippen LogP contribution in [0.1, 0.15) is 34.7 Å². The molecule has 0 spiro atoms. The van der Waals surface area contributed by atoms with Gasteiger partial charge in [-0.15, -0.1) is 0 Å². The van der Waals surface area contributed by atoms with E-state index in [2.05, 4.69) is 29.0 Å². The molecule has 1 unspecified atom stereocenters. The van der Waals surface area contributed by atoms with Crippen molar-refractivity contribution in [1.82, 2.24) is 9.97 Å². The average Bonchev–Trinajstić information content (AvgIpc) is 2.99. The Balaban J connectivity index is 1.91. The summed E-state index contributed by atoms with van der Waals surface area (Å²) in [6.07, 6.45) is 7.15. The highest BCUT2D eigenvalue weighted by atomic mass is 16.5. The minimum Gasteiger partial charge on any atom is -0.496 e. The number of aryl methyl sites for hydroxylation is 2. The van der Waals surface area contributed by atoms with Gasteiger partial charge in [-0.25, -0.2) is 4.98 Å². The largest absolute Gasteiger partial charge is 0.496 e. The van der Waals surface area contributed by atoms with Crippen molar-refractivity contribution in [2.24, 2.45) is 0 Å². The van der Waals surface area contributed by atoms with Gasteiger partial charge in [0, 0.05) is 6.20 Å². The molecule has 1 atom stereocenters. The average molecular weight is 242 g/mol. The molecule has 0 saturated heterocycles. The second-order valence-electron chi connectivity index (χ2n) is 5.02. The second kappa shape index (κ2) is 4.48. The summed E-state index contributed by atoms with van der Waals surface area (Å²) < 4.78 is 5.43. The third-order valence-electron chi connectivity index (χ3n) is 3.87. The number of fused-ring (bicyclic) bond motifs is 1. The number of nitrogens with zero attached hydrogens (tertiary/aromatic N) is 1. The van der Waals surface area contributed by atoms with E-state index in [0.717, 1.165) is 17.9 Å². The van der Waals surface area contributed by atoms with Crippen LogP contribution < -0.4 is 4.74 Å². The predicted octanol–water partition coefficient (Wildman–Crippen LogP) is 3.00. The molecule has 18 heavy (non-hydrogen) atoms. The summed E-state index contributed by atoms with van der Waals surface area (Å²) in [5.74, 6) is 1.58. The summed E-state index contributed by atoms with van der Waals surface area (Å²) in [4.78, 5) is 7.35. The molecule has 3 nitrogen and oxygen atoms in total. The number of hydrogen-bond donors (Lipinski definition) is 1. The van der Waals surface area contributed by atoms with E-state index in [9.17, 15) is 0 Å². The van der Waals surface area contributed by atoms with Crippen LogP contribution in [-0.2, 0) is 12.8 Å². The fraction of sp³-hybridized carbons (Fsp3) is 0.400. The van der Waals surface area contributed by atoms with E-state index in [1.165, 1.54) is 29.5 Å². The van der Waals surface area contributed by atoms with Gasteiger partial charge in [-0.2, -0.15) is 0 Å². The van der Waals surface area contributed by atoms with E-state index < -0.39 is 0 Å². The molecule has 1 aliphatic carbocycles. The van der Waals surface area contributed by atoms with Crippen LogP contribution in [0.25, 0.3) is 0 Å². The number of H-pyrrole nitrogens is 1. The van der Waals surface area contributed by atoms with Gasteiger partial charge in [-0.1, -0.05) is 6.07 Å². The Hall–Kier alpha value is -1.77.